The molecule has 3 aromatic heterocycles. The van der Waals surface area contributed by atoms with Crippen LogP contribution < -0.4 is 5.32 Å². The number of pyridine rings is 2. The summed E-state index contributed by atoms with van der Waals surface area (Å²) in [5, 5.41) is 14.0. The number of carbonyl (C=O) groups excluding carboxylic acids is 1. The molecule has 5 rings (SSSR count). The molecule has 0 bridgehead atoms. The van der Waals surface area contributed by atoms with Crippen LogP contribution in [0.1, 0.15) is 81.2 Å². The predicted octanol–water partition coefficient (Wildman–Crippen LogP) is 6.18. The van der Waals surface area contributed by atoms with E-state index in [-0.39, 0.29) is 11.9 Å². The summed E-state index contributed by atoms with van der Waals surface area (Å²) in [5.41, 5.74) is 2.96. The second-order valence-corrected chi connectivity index (χ2v) is 10.7. The summed E-state index contributed by atoms with van der Waals surface area (Å²) in [4.78, 5) is 21.6. The van der Waals surface area contributed by atoms with Crippen molar-refractivity contribution in [2.45, 2.75) is 77.0 Å². The van der Waals surface area contributed by atoms with Gasteiger partial charge < -0.3 is 10.1 Å². The normalized spacial score (nSPS) is 21.1. The van der Waals surface area contributed by atoms with Crippen molar-refractivity contribution in [3.8, 4) is 0 Å². The molecule has 3 heterocycles. The molecule has 2 unspecified atom stereocenters. The highest BCUT2D eigenvalue weighted by Crippen LogP contribution is 2.37. The van der Waals surface area contributed by atoms with Gasteiger partial charge in [-0.3, -0.25) is 9.78 Å². The maximum absolute atomic E-state index is 12.1. The van der Waals surface area contributed by atoms with Gasteiger partial charge in [0, 0.05) is 12.1 Å². The summed E-state index contributed by atoms with van der Waals surface area (Å²) < 4.78 is 5.25. The molecule has 2 saturated carbocycles. The zero-order valence-corrected chi connectivity index (χ0v) is 20.6. The third-order valence-electron chi connectivity index (χ3n) is 7.22. The Morgan fingerprint density at radius 1 is 1.12 bits per heavy atom. The van der Waals surface area contributed by atoms with Gasteiger partial charge in [-0.05, 0) is 75.1 Å². The second-order valence-electron chi connectivity index (χ2n) is 9.65. The quantitative estimate of drug-likeness (QED) is 0.386. The summed E-state index contributed by atoms with van der Waals surface area (Å²) in [5.74, 6) is 1.95. The molecule has 34 heavy (non-hydrogen) atoms. The lowest BCUT2D eigenvalue weighted by Gasteiger charge is -2.27. The molecular weight excluding hydrogens is 446 g/mol. The van der Waals surface area contributed by atoms with Crippen LogP contribution in [0.2, 0.25) is 0 Å². The molecule has 2 aliphatic rings. The molecule has 7 nitrogen and oxygen atoms in total. The molecule has 0 amide bonds. The van der Waals surface area contributed by atoms with Gasteiger partial charge in [0.1, 0.15) is 10.8 Å². The first-order valence-corrected chi connectivity index (χ1v) is 13.5. The Hall–Kier alpha value is -2.61. The average Bonchev–Trinajstić information content (AvgIpc) is 3.55. The van der Waals surface area contributed by atoms with Crippen LogP contribution in [0.4, 0.5) is 10.9 Å². The Labute approximate surface area is 204 Å². The van der Waals surface area contributed by atoms with E-state index in [0.717, 1.165) is 59.1 Å². The maximum Gasteiger partial charge on any atom is 0.308 e. The van der Waals surface area contributed by atoms with Crippen molar-refractivity contribution < 1.29 is 9.53 Å². The maximum atomic E-state index is 12.1. The summed E-state index contributed by atoms with van der Waals surface area (Å²) in [6, 6.07) is 6.09. The van der Waals surface area contributed by atoms with Crippen molar-refractivity contribution in [3.05, 3.63) is 35.0 Å². The van der Waals surface area contributed by atoms with Crippen LogP contribution in [0.15, 0.2) is 24.4 Å². The summed E-state index contributed by atoms with van der Waals surface area (Å²) in [6.07, 6.45) is 13.2. The van der Waals surface area contributed by atoms with Crippen molar-refractivity contribution >= 4 is 39.3 Å². The van der Waals surface area contributed by atoms with E-state index in [4.69, 9.17) is 9.72 Å². The van der Waals surface area contributed by atoms with E-state index >= 15 is 0 Å². The minimum absolute atomic E-state index is 0.0189. The van der Waals surface area contributed by atoms with Crippen molar-refractivity contribution in [1.29, 1.82) is 0 Å². The van der Waals surface area contributed by atoms with Gasteiger partial charge in [0.25, 0.3) is 0 Å². The fourth-order valence-electron chi connectivity index (χ4n) is 5.39. The fourth-order valence-corrected chi connectivity index (χ4v) is 6.30. The van der Waals surface area contributed by atoms with Crippen molar-refractivity contribution in [2.75, 3.05) is 11.9 Å². The number of aryl methyl sites for hydroxylation is 1. The van der Waals surface area contributed by atoms with Gasteiger partial charge in [-0.25, -0.2) is 4.98 Å². The number of nitrogens with zero attached hydrogens (tertiary/aromatic N) is 4. The second kappa shape index (κ2) is 10.8. The molecular formula is C26H33N5O2S. The molecule has 2 fully saturated rings. The first kappa shape index (κ1) is 23.1. The highest BCUT2D eigenvalue weighted by molar-refractivity contribution is 7.15. The SMILES string of the molecule is CCOC(=O)C1CCCC(CCc2cnc3ccc(Nc4nnc(C5CCCC5)s4)nc3c2)C1. The topological polar surface area (TPSA) is 89.9 Å². The highest BCUT2D eigenvalue weighted by atomic mass is 32.1. The van der Waals surface area contributed by atoms with E-state index < -0.39 is 0 Å². The Morgan fingerprint density at radius 3 is 2.85 bits per heavy atom. The lowest BCUT2D eigenvalue weighted by atomic mass is 9.79. The number of aromatic nitrogens is 4. The van der Waals surface area contributed by atoms with E-state index in [1.54, 1.807) is 11.3 Å². The number of fused-ring (bicyclic) bond motifs is 1. The van der Waals surface area contributed by atoms with Crippen LogP contribution in [0.5, 0.6) is 0 Å². The first-order chi connectivity index (χ1) is 16.7. The number of ether oxygens (including phenoxy) is 1. The fraction of sp³-hybridized carbons (Fsp3) is 0.577. The van der Waals surface area contributed by atoms with Crippen LogP contribution in [-0.4, -0.2) is 32.7 Å². The molecule has 180 valence electrons. The van der Waals surface area contributed by atoms with Gasteiger partial charge in [-0.15, -0.1) is 10.2 Å². The third kappa shape index (κ3) is 5.54. The standard InChI is InChI=1S/C26H33N5O2S/c1-2-33-25(32)20-9-5-6-17(14-20)10-11-18-15-22-21(27-16-18)12-13-23(28-22)29-26-31-30-24(34-26)19-7-3-4-8-19/h12-13,15-17,19-20H,2-11,14H2,1H3,(H,28,29,31). The summed E-state index contributed by atoms with van der Waals surface area (Å²) in [6.45, 7) is 2.34. The average molecular weight is 480 g/mol. The van der Waals surface area contributed by atoms with Crippen molar-refractivity contribution in [2.24, 2.45) is 11.8 Å². The Kier molecular flexibility index (Phi) is 7.33. The smallest absolute Gasteiger partial charge is 0.308 e. The van der Waals surface area contributed by atoms with E-state index in [1.165, 1.54) is 37.7 Å². The highest BCUT2D eigenvalue weighted by Gasteiger charge is 2.28. The number of rotatable bonds is 8. The van der Waals surface area contributed by atoms with E-state index in [2.05, 4.69) is 26.6 Å². The number of anilines is 2. The van der Waals surface area contributed by atoms with Gasteiger partial charge in [-0.1, -0.05) is 37.0 Å². The zero-order chi connectivity index (χ0) is 23.3. The van der Waals surface area contributed by atoms with Gasteiger partial charge in [0.2, 0.25) is 5.13 Å². The van der Waals surface area contributed by atoms with E-state index in [1.807, 2.05) is 25.3 Å². The minimum Gasteiger partial charge on any atom is -0.466 e. The molecule has 0 aromatic carbocycles. The molecule has 3 aromatic rings. The van der Waals surface area contributed by atoms with E-state index in [0.29, 0.717) is 18.4 Å². The first-order valence-electron chi connectivity index (χ1n) is 12.7. The molecule has 8 heteroatoms. The molecule has 2 atom stereocenters. The largest absolute Gasteiger partial charge is 0.466 e. The van der Waals surface area contributed by atoms with Crippen LogP contribution in [0.3, 0.4) is 0 Å². The van der Waals surface area contributed by atoms with Crippen LogP contribution in [0.25, 0.3) is 11.0 Å². The van der Waals surface area contributed by atoms with Gasteiger partial charge in [0.15, 0.2) is 0 Å². The lowest BCUT2D eigenvalue weighted by Crippen LogP contribution is -2.25. The zero-order valence-electron chi connectivity index (χ0n) is 19.8. The Balaban J connectivity index is 1.21. The van der Waals surface area contributed by atoms with Gasteiger partial charge in [-0.2, -0.15) is 0 Å². The van der Waals surface area contributed by atoms with Gasteiger partial charge in [0.05, 0.1) is 23.6 Å². The van der Waals surface area contributed by atoms with Gasteiger partial charge >= 0.3 is 5.97 Å². The Morgan fingerprint density at radius 2 is 2.00 bits per heavy atom. The number of hydrogen-bond acceptors (Lipinski definition) is 8. The van der Waals surface area contributed by atoms with Crippen LogP contribution >= 0.6 is 11.3 Å². The number of carbonyl (C=O) groups is 1. The Bertz CT molecular complexity index is 1130. The van der Waals surface area contributed by atoms with Crippen molar-refractivity contribution in [3.63, 3.8) is 0 Å². The molecule has 0 spiro atoms. The molecule has 0 radical (unpaired) electrons. The monoisotopic (exact) mass is 479 g/mol. The predicted molar refractivity (Wildman–Crippen MR) is 134 cm³/mol. The number of nitrogens with one attached hydrogen (secondary N) is 1. The molecule has 0 aliphatic heterocycles. The molecule has 1 N–H and O–H groups in total. The number of esters is 1. The van der Waals surface area contributed by atoms with Crippen LogP contribution in [-0.2, 0) is 16.0 Å². The lowest BCUT2D eigenvalue weighted by molar-refractivity contribution is -0.149. The molecule has 2 aliphatic carbocycles. The molecule has 0 saturated heterocycles. The van der Waals surface area contributed by atoms with Crippen molar-refractivity contribution in [1.82, 2.24) is 20.2 Å². The third-order valence-corrected chi connectivity index (χ3v) is 8.22. The van der Waals surface area contributed by atoms with E-state index in [9.17, 15) is 4.79 Å². The minimum atomic E-state index is -0.0189. The summed E-state index contributed by atoms with van der Waals surface area (Å²) >= 11 is 1.64. The summed E-state index contributed by atoms with van der Waals surface area (Å²) in [7, 11) is 0. The number of hydrogen-bond donors (Lipinski definition) is 1. The van der Waals surface area contributed by atoms with Crippen LogP contribution in [0, 0.1) is 11.8 Å².